The molecule has 3 atom stereocenters. The fourth-order valence-electron chi connectivity index (χ4n) is 6.47. The van der Waals surface area contributed by atoms with Crippen LogP contribution in [0.2, 0.25) is 0 Å². The van der Waals surface area contributed by atoms with E-state index in [9.17, 15) is 49.2 Å². The maximum atomic E-state index is 14.3. The van der Waals surface area contributed by atoms with Gasteiger partial charge in [-0.3, -0.25) is 44.0 Å². The van der Waals surface area contributed by atoms with Crippen molar-refractivity contribution in [3.8, 4) is 5.75 Å². The van der Waals surface area contributed by atoms with E-state index >= 15 is 0 Å². The minimum Gasteiger partial charge on any atom is -0.486 e. The average Bonchev–Trinajstić information content (AvgIpc) is 3.03. The summed E-state index contributed by atoms with van der Waals surface area (Å²) in [5, 5.41) is 38.3. The lowest BCUT2D eigenvalue weighted by Crippen LogP contribution is -2.81. The average molecular weight is 696 g/mol. The standard InChI is InChI=1S/C33H53N5O11/c1-3-4-5-6-7-12-17-32(38(21-29(44)45)22-30(46)47,24(2)14-11-13-18-37(19-27(40)41)20-28(42)43)33(34,31(48)36-35)26(39)23-49-25-15-9-8-10-16-25/h8-10,15-16,24H,3-7,11-14,17-23,34-35H2,1-2H3,(H,36,48)(H,40,41)(H,42,43)(H,44,45)(H,46,47). The SMILES string of the molecule is CCCCCCCCC(C(C)CCCCN(CC(=O)O)CC(=O)O)(N(CC(=O)O)CC(=O)O)C(N)(C(=O)COc1ccccc1)C(=O)NN. The first-order valence-corrected chi connectivity index (χ1v) is 16.5. The highest BCUT2D eigenvalue weighted by molar-refractivity contribution is 6.12. The van der Waals surface area contributed by atoms with Crippen molar-refractivity contribution in [2.45, 2.75) is 89.1 Å². The van der Waals surface area contributed by atoms with Gasteiger partial charge in [0, 0.05) is 0 Å². The number of unbranched alkanes of at least 4 members (excludes halogenated alkanes) is 6. The fraction of sp³-hybridized carbons (Fsp3) is 0.636. The highest BCUT2D eigenvalue weighted by Gasteiger charge is 2.63. The molecule has 16 nitrogen and oxygen atoms in total. The van der Waals surface area contributed by atoms with Crippen molar-refractivity contribution in [3.63, 3.8) is 0 Å². The number of aliphatic carboxylic acids is 4. The van der Waals surface area contributed by atoms with Gasteiger partial charge >= 0.3 is 23.9 Å². The summed E-state index contributed by atoms with van der Waals surface area (Å²) < 4.78 is 5.68. The van der Waals surface area contributed by atoms with Crippen molar-refractivity contribution in [2.75, 3.05) is 39.3 Å². The van der Waals surface area contributed by atoms with E-state index in [1.807, 2.05) is 5.43 Å². The number of nitrogens with two attached hydrogens (primary N) is 2. The first-order chi connectivity index (χ1) is 23.1. The molecule has 0 heterocycles. The zero-order valence-electron chi connectivity index (χ0n) is 28.5. The van der Waals surface area contributed by atoms with Gasteiger partial charge in [-0.15, -0.1) is 0 Å². The molecule has 1 aromatic carbocycles. The molecule has 16 heteroatoms. The summed E-state index contributed by atoms with van der Waals surface area (Å²) >= 11 is 0. The smallest absolute Gasteiger partial charge is 0.317 e. The molecule has 0 spiro atoms. The van der Waals surface area contributed by atoms with Gasteiger partial charge in [-0.2, -0.15) is 0 Å². The van der Waals surface area contributed by atoms with Crippen LogP contribution in [0.25, 0.3) is 0 Å². The number of carboxylic acids is 4. The summed E-state index contributed by atoms with van der Waals surface area (Å²) in [7, 11) is 0. The molecular formula is C33H53N5O11. The second kappa shape index (κ2) is 21.8. The van der Waals surface area contributed by atoms with Gasteiger partial charge < -0.3 is 30.9 Å². The summed E-state index contributed by atoms with van der Waals surface area (Å²) in [5.74, 6) is -2.25. The fourth-order valence-corrected chi connectivity index (χ4v) is 6.47. The third-order valence-electron chi connectivity index (χ3n) is 8.75. The number of hydrazine groups is 1. The summed E-state index contributed by atoms with van der Waals surface area (Å²) in [4.78, 5) is 77.4. The summed E-state index contributed by atoms with van der Waals surface area (Å²) in [6.45, 7) is 0.318. The molecule has 0 aliphatic carbocycles. The van der Waals surface area contributed by atoms with Crippen molar-refractivity contribution in [3.05, 3.63) is 30.3 Å². The third kappa shape index (κ3) is 13.4. The third-order valence-corrected chi connectivity index (χ3v) is 8.75. The molecule has 1 amide bonds. The number of rotatable bonds is 28. The molecule has 0 bridgehead atoms. The van der Waals surface area contributed by atoms with Gasteiger partial charge in [0.25, 0.3) is 5.91 Å². The maximum Gasteiger partial charge on any atom is 0.317 e. The topological polar surface area (TPSA) is 263 Å². The Morgan fingerprint density at radius 1 is 0.796 bits per heavy atom. The number of carboxylic acid groups (broad SMARTS) is 4. The van der Waals surface area contributed by atoms with Crippen LogP contribution in [0.15, 0.2) is 30.3 Å². The molecule has 9 N–H and O–H groups in total. The molecule has 0 radical (unpaired) electrons. The van der Waals surface area contributed by atoms with Crippen LogP contribution < -0.4 is 21.7 Å². The number of nitrogens with one attached hydrogen (secondary N) is 1. The van der Waals surface area contributed by atoms with Crippen LogP contribution in [-0.2, 0) is 28.8 Å². The number of amides is 1. The first-order valence-electron chi connectivity index (χ1n) is 16.5. The molecule has 0 saturated carbocycles. The Bertz CT molecular complexity index is 1200. The molecular weight excluding hydrogens is 642 g/mol. The van der Waals surface area contributed by atoms with Gasteiger partial charge in [-0.05, 0) is 43.9 Å². The quantitative estimate of drug-likeness (QED) is 0.0216. The van der Waals surface area contributed by atoms with E-state index in [1.165, 1.54) is 4.90 Å². The Kier molecular flexibility index (Phi) is 19.1. The Hall–Kier alpha value is -4.12. The lowest BCUT2D eigenvalue weighted by molar-refractivity contribution is -0.161. The molecule has 0 fully saturated rings. The van der Waals surface area contributed by atoms with Crippen molar-refractivity contribution in [1.29, 1.82) is 0 Å². The molecule has 0 aliphatic heterocycles. The van der Waals surface area contributed by atoms with Crippen LogP contribution >= 0.6 is 0 Å². The predicted octanol–water partition coefficient (Wildman–Crippen LogP) is 1.56. The number of carbonyl (C=O) groups excluding carboxylic acids is 2. The van der Waals surface area contributed by atoms with Crippen LogP contribution in [0.4, 0.5) is 0 Å². The highest BCUT2D eigenvalue weighted by atomic mass is 16.5. The zero-order chi connectivity index (χ0) is 37.0. The Labute approximate surface area is 286 Å². The molecule has 49 heavy (non-hydrogen) atoms. The van der Waals surface area contributed by atoms with Gasteiger partial charge in [-0.25, -0.2) is 5.84 Å². The number of hydrogen-bond acceptors (Lipinski definition) is 11. The second-order valence-corrected chi connectivity index (χ2v) is 12.3. The van der Waals surface area contributed by atoms with Gasteiger partial charge in [-0.1, -0.05) is 77.0 Å². The normalized spacial score (nSPS) is 14.4. The number of benzene rings is 1. The summed E-state index contributed by atoms with van der Waals surface area (Å²) in [6.07, 6.45) is 5.38. The van der Waals surface area contributed by atoms with E-state index < -0.39 is 85.3 Å². The molecule has 1 rings (SSSR count). The van der Waals surface area contributed by atoms with E-state index in [-0.39, 0.29) is 19.4 Å². The Balaban J connectivity index is 3.75. The van der Waals surface area contributed by atoms with Crippen molar-refractivity contribution < 1.29 is 53.9 Å². The van der Waals surface area contributed by atoms with Crippen LogP contribution in [0.5, 0.6) is 5.75 Å². The molecule has 0 aromatic heterocycles. The Morgan fingerprint density at radius 2 is 1.33 bits per heavy atom. The van der Waals surface area contributed by atoms with Crippen molar-refractivity contribution in [1.82, 2.24) is 15.2 Å². The molecule has 3 unspecified atom stereocenters. The van der Waals surface area contributed by atoms with Gasteiger partial charge in [0.15, 0.2) is 5.54 Å². The van der Waals surface area contributed by atoms with Crippen LogP contribution in [-0.4, -0.2) is 116 Å². The molecule has 1 aromatic rings. The minimum absolute atomic E-state index is 0.0496. The van der Waals surface area contributed by atoms with Crippen LogP contribution in [0.3, 0.4) is 0 Å². The lowest BCUT2D eigenvalue weighted by Gasteiger charge is -2.55. The van der Waals surface area contributed by atoms with E-state index in [1.54, 1.807) is 37.3 Å². The first kappa shape index (κ1) is 42.9. The van der Waals surface area contributed by atoms with Crippen molar-refractivity contribution in [2.24, 2.45) is 17.5 Å². The lowest BCUT2D eigenvalue weighted by atomic mass is 9.62. The number of carbonyl (C=O) groups is 6. The summed E-state index contributed by atoms with van der Waals surface area (Å²) in [5.41, 5.74) is 4.36. The number of ether oxygens (including phenoxy) is 1. The van der Waals surface area contributed by atoms with Gasteiger partial charge in [0.05, 0.1) is 31.7 Å². The zero-order valence-corrected chi connectivity index (χ0v) is 28.5. The number of Topliss-reactive ketones (excluding diaryl/α,β-unsaturated/α-hetero) is 1. The minimum atomic E-state index is -2.61. The van der Waals surface area contributed by atoms with Gasteiger partial charge in [0.2, 0.25) is 5.78 Å². The van der Waals surface area contributed by atoms with Gasteiger partial charge in [0.1, 0.15) is 12.4 Å². The predicted molar refractivity (Wildman–Crippen MR) is 178 cm³/mol. The van der Waals surface area contributed by atoms with E-state index in [0.717, 1.165) is 30.6 Å². The molecule has 276 valence electrons. The number of hydrogen-bond donors (Lipinski definition) is 7. The Morgan fingerprint density at radius 3 is 1.84 bits per heavy atom. The highest BCUT2D eigenvalue weighted by Crippen LogP contribution is 2.43. The van der Waals surface area contributed by atoms with Crippen LogP contribution in [0.1, 0.15) is 78.1 Å². The second-order valence-electron chi connectivity index (χ2n) is 12.3. The molecule has 0 aliphatic rings. The van der Waals surface area contributed by atoms with E-state index in [0.29, 0.717) is 31.4 Å². The number of ketones is 1. The number of para-hydroxylation sites is 1. The van der Waals surface area contributed by atoms with E-state index in [4.69, 9.17) is 16.3 Å². The largest absolute Gasteiger partial charge is 0.486 e. The molecule has 0 saturated heterocycles. The van der Waals surface area contributed by atoms with Crippen LogP contribution in [0, 0.1) is 5.92 Å². The van der Waals surface area contributed by atoms with E-state index in [2.05, 4.69) is 6.92 Å². The maximum absolute atomic E-state index is 14.3. The monoisotopic (exact) mass is 695 g/mol. The summed E-state index contributed by atoms with van der Waals surface area (Å²) in [6, 6.07) is 8.24. The number of nitrogens with zero attached hydrogens (tertiary/aromatic N) is 2. The van der Waals surface area contributed by atoms with Crippen molar-refractivity contribution >= 4 is 35.6 Å².